The second kappa shape index (κ2) is 4.63. The molecule has 90 valence electrons. The van der Waals surface area contributed by atoms with Crippen molar-refractivity contribution >= 4 is 23.0 Å². The van der Waals surface area contributed by atoms with E-state index in [1.54, 1.807) is 6.07 Å². The molecule has 2 rings (SSSR count). The van der Waals surface area contributed by atoms with Gasteiger partial charge >= 0.3 is 5.97 Å². The first-order valence-electron chi connectivity index (χ1n) is 5.14. The van der Waals surface area contributed by atoms with Gasteiger partial charge in [-0.15, -0.1) is 11.3 Å². The molecular formula is C12H13NO3S. The standard InChI is InChI=1S/C12H13NO3S/c1-8-3-4-10(16-8)6-13(2)9-5-11(12(14)15)17-7-9/h3-5,7H,6H2,1-2H3,(H,14,15). The fourth-order valence-corrected chi connectivity index (χ4v) is 2.32. The quantitative estimate of drug-likeness (QED) is 0.907. The summed E-state index contributed by atoms with van der Waals surface area (Å²) in [5, 5.41) is 10.7. The van der Waals surface area contributed by atoms with Gasteiger partial charge in [-0.1, -0.05) is 0 Å². The van der Waals surface area contributed by atoms with Crippen molar-refractivity contribution in [3.63, 3.8) is 0 Å². The van der Waals surface area contributed by atoms with Crippen molar-refractivity contribution < 1.29 is 14.3 Å². The number of aryl methyl sites for hydroxylation is 1. The van der Waals surface area contributed by atoms with Crippen LogP contribution in [-0.4, -0.2) is 18.1 Å². The van der Waals surface area contributed by atoms with E-state index in [1.807, 2.05) is 36.4 Å². The maximum Gasteiger partial charge on any atom is 0.345 e. The lowest BCUT2D eigenvalue weighted by molar-refractivity contribution is 0.0702. The topological polar surface area (TPSA) is 53.7 Å². The number of anilines is 1. The van der Waals surface area contributed by atoms with Gasteiger partial charge < -0.3 is 14.4 Å². The third kappa shape index (κ3) is 2.68. The van der Waals surface area contributed by atoms with E-state index >= 15 is 0 Å². The summed E-state index contributed by atoms with van der Waals surface area (Å²) in [6.07, 6.45) is 0. The van der Waals surface area contributed by atoms with Gasteiger partial charge in [0, 0.05) is 18.1 Å². The highest BCUT2D eigenvalue weighted by molar-refractivity contribution is 7.12. The molecule has 0 atom stereocenters. The first-order valence-corrected chi connectivity index (χ1v) is 6.02. The number of thiophene rings is 1. The van der Waals surface area contributed by atoms with Gasteiger partial charge in [-0.05, 0) is 25.1 Å². The van der Waals surface area contributed by atoms with Crippen LogP contribution in [0, 0.1) is 6.92 Å². The van der Waals surface area contributed by atoms with Crippen LogP contribution in [0.1, 0.15) is 21.2 Å². The molecule has 0 saturated heterocycles. The van der Waals surface area contributed by atoms with E-state index in [4.69, 9.17) is 9.52 Å². The molecule has 17 heavy (non-hydrogen) atoms. The van der Waals surface area contributed by atoms with Gasteiger partial charge in [0.25, 0.3) is 0 Å². The zero-order valence-corrected chi connectivity index (χ0v) is 10.5. The van der Waals surface area contributed by atoms with E-state index < -0.39 is 5.97 Å². The number of furan rings is 1. The Morgan fingerprint density at radius 1 is 1.53 bits per heavy atom. The molecule has 0 saturated carbocycles. The predicted molar refractivity (Wildman–Crippen MR) is 66.8 cm³/mol. The molecule has 0 fully saturated rings. The van der Waals surface area contributed by atoms with Gasteiger partial charge in [0.05, 0.1) is 6.54 Å². The molecule has 0 aliphatic rings. The number of carboxylic acids is 1. The SMILES string of the molecule is Cc1ccc(CN(C)c2csc(C(=O)O)c2)o1. The van der Waals surface area contributed by atoms with Crippen molar-refractivity contribution in [2.45, 2.75) is 13.5 Å². The van der Waals surface area contributed by atoms with Crippen molar-refractivity contribution in [2.24, 2.45) is 0 Å². The largest absolute Gasteiger partial charge is 0.477 e. The summed E-state index contributed by atoms with van der Waals surface area (Å²) < 4.78 is 5.48. The van der Waals surface area contributed by atoms with Gasteiger partial charge in [-0.3, -0.25) is 0 Å². The lowest BCUT2D eigenvalue weighted by Gasteiger charge is -2.15. The summed E-state index contributed by atoms with van der Waals surface area (Å²) in [5.41, 5.74) is 0.890. The number of hydrogen-bond donors (Lipinski definition) is 1. The average Bonchev–Trinajstić information content (AvgIpc) is 2.86. The Morgan fingerprint density at radius 3 is 2.82 bits per heavy atom. The van der Waals surface area contributed by atoms with Crippen molar-refractivity contribution in [1.82, 2.24) is 0 Å². The van der Waals surface area contributed by atoms with E-state index in [9.17, 15) is 4.79 Å². The number of hydrogen-bond acceptors (Lipinski definition) is 4. The minimum Gasteiger partial charge on any atom is -0.477 e. The summed E-state index contributed by atoms with van der Waals surface area (Å²) in [6.45, 7) is 2.53. The predicted octanol–water partition coefficient (Wildman–Crippen LogP) is 2.98. The fourth-order valence-electron chi connectivity index (χ4n) is 1.53. The maximum absolute atomic E-state index is 10.8. The highest BCUT2D eigenvalue weighted by Gasteiger charge is 2.11. The van der Waals surface area contributed by atoms with E-state index in [0.717, 1.165) is 17.2 Å². The molecule has 2 aromatic heterocycles. The Labute approximate surface area is 103 Å². The number of aromatic carboxylic acids is 1. The second-order valence-corrected chi connectivity index (χ2v) is 4.75. The normalized spacial score (nSPS) is 10.5. The van der Waals surface area contributed by atoms with Crippen LogP contribution < -0.4 is 4.90 Å². The van der Waals surface area contributed by atoms with Gasteiger partial charge in [0.2, 0.25) is 0 Å². The molecule has 2 heterocycles. The Morgan fingerprint density at radius 2 is 2.29 bits per heavy atom. The highest BCUT2D eigenvalue weighted by Crippen LogP contribution is 2.24. The molecule has 0 amide bonds. The Balaban J connectivity index is 2.08. The van der Waals surface area contributed by atoms with Crippen molar-refractivity contribution in [3.8, 4) is 0 Å². The monoisotopic (exact) mass is 251 g/mol. The van der Waals surface area contributed by atoms with Gasteiger partial charge in [0.1, 0.15) is 16.4 Å². The van der Waals surface area contributed by atoms with Crippen molar-refractivity contribution in [1.29, 1.82) is 0 Å². The zero-order valence-electron chi connectivity index (χ0n) is 9.64. The highest BCUT2D eigenvalue weighted by atomic mass is 32.1. The Kier molecular flexibility index (Phi) is 3.19. The lowest BCUT2D eigenvalue weighted by atomic mass is 10.3. The third-order valence-corrected chi connectivity index (χ3v) is 3.33. The van der Waals surface area contributed by atoms with Crippen LogP contribution in [0.2, 0.25) is 0 Å². The molecule has 0 aromatic carbocycles. The molecule has 0 aliphatic heterocycles. The van der Waals surface area contributed by atoms with Crippen LogP contribution in [0.3, 0.4) is 0 Å². The van der Waals surface area contributed by atoms with E-state index in [-0.39, 0.29) is 0 Å². The van der Waals surface area contributed by atoms with Gasteiger partial charge in [-0.25, -0.2) is 4.79 Å². The van der Waals surface area contributed by atoms with E-state index in [2.05, 4.69) is 0 Å². The number of carbonyl (C=O) groups is 1. The summed E-state index contributed by atoms with van der Waals surface area (Å²) in [7, 11) is 1.91. The Hall–Kier alpha value is -1.75. The summed E-state index contributed by atoms with van der Waals surface area (Å²) in [6, 6.07) is 5.51. The van der Waals surface area contributed by atoms with Crippen molar-refractivity contribution in [2.75, 3.05) is 11.9 Å². The first kappa shape index (κ1) is 11.7. The maximum atomic E-state index is 10.8. The minimum absolute atomic E-state index is 0.350. The average molecular weight is 251 g/mol. The van der Waals surface area contributed by atoms with Crippen LogP contribution in [-0.2, 0) is 6.54 Å². The molecular weight excluding hydrogens is 238 g/mol. The van der Waals surface area contributed by atoms with Gasteiger partial charge in [-0.2, -0.15) is 0 Å². The van der Waals surface area contributed by atoms with Crippen LogP contribution in [0.4, 0.5) is 5.69 Å². The number of rotatable bonds is 4. The van der Waals surface area contributed by atoms with Gasteiger partial charge in [0.15, 0.2) is 0 Å². The van der Waals surface area contributed by atoms with Crippen molar-refractivity contribution in [3.05, 3.63) is 40.0 Å². The third-order valence-electron chi connectivity index (χ3n) is 2.43. The molecule has 0 aliphatic carbocycles. The molecule has 0 unspecified atom stereocenters. The van der Waals surface area contributed by atoms with E-state index in [1.165, 1.54) is 11.3 Å². The summed E-state index contributed by atoms with van der Waals surface area (Å²) in [4.78, 5) is 13.1. The Bertz CT molecular complexity index is 529. The summed E-state index contributed by atoms with van der Waals surface area (Å²) >= 11 is 1.23. The molecule has 0 bridgehead atoms. The minimum atomic E-state index is -0.886. The van der Waals surface area contributed by atoms with E-state index in [0.29, 0.717) is 11.4 Å². The molecule has 4 nitrogen and oxygen atoms in total. The number of carboxylic acid groups (broad SMARTS) is 1. The molecule has 5 heteroatoms. The molecule has 2 aromatic rings. The first-order chi connectivity index (χ1) is 8.06. The van der Waals surface area contributed by atoms with Crippen LogP contribution in [0.25, 0.3) is 0 Å². The summed E-state index contributed by atoms with van der Waals surface area (Å²) in [5.74, 6) is 0.863. The fraction of sp³-hybridized carbons (Fsp3) is 0.250. The second-order valence-electron chi connectivity index (χ2n) is 3.84. The molecule has 0 spiro atoms. The lowest BCUT2D eigenvalue weighted by Crippen LogP contribution is -2.15. The molecule has 0 radical (unpaired) electrons. The van der Waals surface area contributed by atoms with Crippen LogP contribution in [0.5, 0.6) is 0 Å². The number of nitrogens with zero attached hydrogens (tertiary/aromatic N) is 1. The molecule has 1 N–H and O–H groups in total. The smallest absolute Gasteiger partial charge is 0.345 e. The van der Waals surface area contributed by atoms with Crippen LogP contribution in [0.15, 0.2) is 28.0 Å². The zero-order chi connectivity index (χ0) is 12.4. The van der Waals surface area contributed by atoms with Crippen LogP contribution >= 0.6 is 11.3 Å².